The number of rotatable bonds is 6. The fraction of sp³-hybridized carbons (Fsp3) is 0.778. The van der Waals surface area contributed by atoms with Crippen LogP contribution in [-0.4, -0.2) is 24.4 Å². The quantitative estimate of drug-likeness (QED) is 0.532. The lowest BCUT2D eigenvalue weighted by molar-refractivity contribution is -0.129. The second-order valence-electron chi connectivity index (χ2n) is 3.35. The molecule has 0 aromatic carbocycles. The van der Waals surface area contributed by atoms with Crippen LogP contribution in [0.3, 0.4) is 0 Å². The van der Waals surface area contributed by atoms with Crippen LogP contribution in [0.5, 0.6) is 0 Å². The first kappa shape index (κ1) is 12.9. The molecular weight excluding hydrogens is 182 g/mol. The minimum atomic E-state index is -0.631. The molecule has 0 radical (unpaired) electrons. The maximum Gasteiger partial charge on any atom is 0.239 e. The Morgan fingerprint density at radius 1 is 1.43 bits per heavy atom. The van der Waals surface area contributed by atoms with E-state index in [1.54, 1.807) is 6.92 Å². The van der Waals surface area contributed by atoms with Gasteiger partial charge >= 0.3 is 0 Å². The molecule has 5 N–H and O–H groups in total. The number of amides is 2. The van der Waals surface area contributed by atoms with E-state index >= 15 is 0 Å². The molecule has 0 saturated carbocycles. The summed E-state index contributed by atoms with van der Waals surface area (Å²) in [5.41, 5.74) is 10.4. The zero-order valence-electron chi connectivity index (χ0n) is 8.75. The summed E-state index contributed by atoms with van der Waals surface area (Å²) in [6.07, 6.45) is 1.62. The first-order chi connectivity index (χ1) is 6.52. The van der Waals surface area contributed by atoms with Gasteiger partial charge in [0.15, 0.2) is 0 Å². The van der Waals surface area contributed by atoms with Crippen molar-refractivity contribution in [3.8, 4) is 0 Å². The third kappa shape index (κ3) is 4.23. The van der Waals surface area contributed by atoms with Crippen LogP contribution in [0.15, 0.2) is 0 Å². The molecule has 0 saturated heterocycles. The molecule has 0 heterocycles. The summed E-state index contributed by atoms with van der Waals surface area (Å²) < 4.78 is 0. The van der Waals surface area contributed by atoms with Crippen molar-refractivity contribution in [2.24, 2.45) is 17.4 Å². The van der Waals surface area contributed by atoms with Crippen molar-refractivity contribution >= 4 is 11.8 Å². The van der Waals surface area contributed by atoms with Gasteiger partial charge in [0, 0.05) is 6.54 Å². The van der Waals surface area contributed by atoms with Crippen LogP contribution in [0.25, 0.3) is 0 Å². The zero-order chi connectivity index (χ0) is 11.1. The van der Waals surface area contributed by atoms with Crippen LogP contribution < -0.4 is 16.8 Å². The molecule has 0 aromatic rings. The first-order valence-corrected chi connectivity index (χ1v) is 4.82. The number of nitrogens with one attached hydrogen (secondary N) is 1. The van der Waals surface area contributed by atoms with E-state index < -0.39 is 11.9 Å². The molecule has 2 amide bonds. The third-order valence-electron chi connectivity index (χ3n) is 2.08. The fourth-order valence-corrected chi connectivity index (χ4v) is 1.11. The number of carbonyl (C=O) groups excluding carboxylic acids is 2. The average molecular weight is 201 g/mol. The van der Waals surface area contributed by atoms with Gasteiger partial charge in [0.25, 0.3) is 0 Å². The molecule has 2 unspecified atom stereocenters. The highest BCUT2D eigenvalue weighted by Gasteiger charge is 2.19. The summed E-state index contributed by atoms with van der Waals surface area (Å²) in [6, 6.07) is -0.631. The van der Waals surface area contributed by atoms with Crippen molar-refractivity contribution in [3.05, 3.63) is 0 Å². The van der Waals surface area contributed by atoms with Gasteiger partial charge in [-0.2, -0.15) is 0 Å². The normalized spacial score (nSPS) is 14.5. The van der Waals surface area contributed by atoms with E-state index in [4.69, 9.17) is 11.5 Å². The van der Waals surface area contributed by atoms with Gasteiger partial charge < -0.3 is 16.8 Å². The number of carbonyl (C=O) groups is 2. The van der Waals surface area contributed by atoms with Crippen molar-refractivity contribution in [2.75, 3.05) is 6.54 Å². The highest BCUT2D eigenvalue weighted by atomic mass is 16.2. The zero-order valence-corrected chi connectivity index (χ0v) is 8.75. The van der Waals surface area contributed by atoms with E-state index in [0.29, 0.717) is 6.54 Å². The summed E-state index contributed by atoms with van der Waals surface area (Å²) in [6.45, 7) is 3.83. The number of primary amides is 1. The second-order valence-corrected chi connectivity index (χ2v) is 3.35. The molecule has 0 aromatic heterocycles. The van der Waals surface area contributed by atoms with Gasteiger partial charge in [0.05, 0.1) is 5.92 Å². The predicted molar refractivity (Wildman–Crippen MR) is 54.3 cm³/mol. The van der Waals surface area contributed by atoms with Crippen LogP contribution in [0.1, 0.15) is 26.7 Å². The van der Waals surface area contributed by atoms with Crippen LogP contribution in [-0.2, 0) is 9.59 Å². The number of nitrogens with two attached hydrogens (primary N) is 2. The van der Waals surface area contributed by atoms with E-state index in [1.807, 2.05) is 6.92 Å². The summed E-state index contributed by atoms with van der Waals surface area (Å²) in [7, 11) is 0. The lowest BCUT2D eigenvalue weighted by Crippen LogP contribution is -2.46. The maximum absolute atomic E-state index is 11.5. The minimum Gasteiger partial charge on any atom is -0.368 e. The molecule has 5 nitrogen and oxygen atoms in total. The van der Waals surface area contributed by atoms with E-state index in [2.05, 4.69) is 5.32 Å². The second kappa shape index (κ2) is 6.37. The summed E-state index contributed by atoms with van der Waals surface area (Å²) in [4.78, 5) is 22.2. The van der Waals surface area contributed by atoms with Crippen molar-refractivity contribution in [1.29, 1.82) is 0 Å². The summed E-state index contributed by atoms with van der Waals surface area (Å²) in [5, 5.41) is 2.52. The van der Waals surface area contributed by atoms with Crippen molar-refractivity contribution in [1.82, 2.24) is 5.32 Å². The molecular formula is C9H19N3O2. The van der Waals surface area contributed by atoms with Gasteiger partial charge in [0.2, 0.25) is 11.8 Å². The lowest BCUT2D eigenvalue weighted by Gasteiger charge is -2.16. The average Bonchev–Trinajstić information content (AvgIpc) is 2.13. The monoisotopic (exact) mass is 201 g/mol. The van der Waals surface area contributed by atoms with Crippen LogP contribution in [0, 0.1) is 5.92 Å². The smallest absolute Gasteiger partial charge is 0.239 e. The van der Waals surface area contributed by atoms with Crippen LogP contribution in [0.4, 0.5) is 0 Å². The summed E-state index contributed by atoms with van der Waals surface area (Å²) >= 11 is 0. The predicted octanol–water partition coefficient (Wildman–Crippen LogP) is -0.649. The minimum absolute atomic E-state index is 0.194. The number of hydrogen-bond donors (Lipinski definition) is 3. The van der Waals surface area contributed by atoms with E-state index in [-0.39, 0.29) is 11.8 Å². The van der Waals surface area contributed by atoms with Crippen LogP contribution >= 0.6 is 0 Å². The Balaban J connectivity index is 4.09. The molecule has 0 aliphatic rings. The van der Waals surface area contributed by atoms with Crippen molar-refractivity contribution in [2.45, 2.75) is 32.7 Å². The standard InChI is InChI=1S/C9H19N3O2/c1-3-4-7(5-10)9(14)12-6(2)8(11)13/h6-7H,3-5,10H2,1-2H3,(H2,11,13)(H,12,14). The van der Waals surface area contributed by atoms with Gasteiger partial charge in [-0.3, -0.25) is 9.59 Å². The molecule has 82 valence electrons. The van der Waals surface area contributed by atoms with Gasteiger partial charge in [0.1, 0.15) is 6.04 Å². The molecule has 5 heteroatoms. The first-order valence-electron chi connectivity index (χ1n) is 4.82. The van der Waals surface area contributed by atoms with Crippen LogP contribution in [0.2, 0.25) is 0 Å². The molecule has 0 aliphatic carbocycles. The molecule has 0 fully saturated rings. The van der Waals surface area contributed by atoms with Gasteiger partial charge in [-0.05, 0) is 13.3 Å². The Bertz CT molecular complexity index is 206. The molecule has 0 spiro atoms. The Hall–Kier alpha value is -1.10. The highest BCUT2D eigenvalue weighted by molar-refractivity contribution is 5.87. The molecule has 0 rings (SSSR count). The fourth-order valence-electron chi connectivity index (χ4n) is 1.11. The Morgan fingerprint density at radius 2 is 2.00 bits per heavy atom. The Morgan fingerprint density at radius 3 is 2.36 bits per heavy atom. The topological polar surface area (TPSA) is 98.2 Å². The van der Waals surface area contributed by atoms with Crippen molar-refractivity contribution < 1.29 is 9.59 Å². The van der Waals surface area contributed by atoms with E-state index in [9.17, 15) is 9.59 Å². The SMILES string of the molecule is CCCC(CN)C(=O)NC(C)C(N)=O. The molecule has 0 bridgehead atoms. The number of hydrogen-bond acceptors (Lipinski definition) is 3. The lowest BCUT2D eigenvalue weighted by atomic mass is 10.0. The highest BCUT2D eigenvalue weighted by Crippen LogP contribution is 2.04. The molecule has 2 atom stereocenters. The van der Waals surface area contributed by atoms with Gasteiger partial charge in [-0.25, -0.2) is 0 Å². The van der Waals surface area contributed by atoms with Gasteiger partial charge in [-0.15, -0.1) is 0 Å². The van der Waals surface area contributed by atoms with Gasteiger partial charge in [-0.1, -0.05) is 13.3 Å². The molecule has 14 heavy (non-hydrogen) atoms. The Labute approximate surface area is 84.2 Å². The van der Waals surface area contributed by atoms with E-state index in [1.165, 1.54) is 0 Å². The maximum atomic E-state index is 11.5. The largest absolute Gasteiger partial charge is 0.368 e. The molecule has 0 aliphatic heterocycles. The third-order valence-corrected chi connectivity index (χ3v) is 2.08. The summed E-state index contributed by atoms with van der Waals surface area (Å²) in [5.74, 6) is -0.951. The van der Waals surface area contributed by atoms with E-state index in [0.717, 1.165) is 12.8 Å². The van der Waals surface area contributed by atoms with Crippen molar-refractivity contribution in [3.63, 3.8) is 0 Å². The Kier molecular flexibility index (Phi) is 5.87.